The Balaban J connectivity index is 1.78. The van der Waals surface area contributed by atoms with Crippen LogP contribution in [0.3, 0.4) is 0 Å². The number of nitrogens with one attached hydrogen (secondary N) is 2. The van der Waals surface area contributed by atoms with E-state index >= 15 is 0 Å². The van der Waals surface area contributed by atoms with Crippen molar-refractivity contribution >= 4 is 39.4 Å². The van der Waals surface area contributed by atoms with Crippen LogP contribution in [0.25, 0.3) is 0 Å². The zero-order valence-electron chi connectivity index (χ0n) is 16.2. The molecule has 0 radical (unpaired) electrons. The van der Waals surface area contributed by atoms with Gasteiger partial charge in [-0.15, -0.1) is 0 Å². The van der Waals surface area contributed by atoms with E-state index in [0.29, 0.717) is 16.3 Å². The van der Waals surface area contributed by atoms with Gasteiger partial charge in [-0.2, -0.15) is 5.10 Å². The van der Waals surface area contributed by atoms with Crippen molar-refractivity contribution in [2.45, 2.75) is 4.90 Å². The lowest BCUT2D eigenvalue weighted by Gasteiger charge is -2.12. The normalized spacial score (nSPS) is 11.3. The molecule has 0 spiro atoms. The van der Waals surface area contributed by atoms with Gasteiger partial charge in [0.05, 0.1) is 29.5 Å². The molecule has 0 bridgehead atoms. The van der Waals surface area contributed by atoms with Crippen LogP contribution in [-0.4, -0.2) is 32.8 Å². The molecule has 3 aromatic carbocycles. The summed E-state index contributed by atoms with van der Waals surface area (Å²) < 4.78 is 32.7. The number of benzene rings is 3. The van der Waals surface area contributed by atoms with Crippen molar-refractivity contribution in [2.24, 2.45) is 5.10 Å². The number of amides is 1. The fraction of sp³-hybridized carbons (Fsp3) is 0.0476. The number of carbonyl (C=O) groups is 1. The fourth-order valence-electron chi connectivity index (χ4n) is 2.57. The molecular weight excluding hydrogens is 442 g/mol. The lowest BCUT2D eigenvalue weighted by Crippen LogP contribution is -2.21. The molecule has 0 saturated heterocycles. The van der Waals surface area contributed by atoms with E-state index in [4.69, 9.17) is 16.3 Å². The highest BCUT2D eigenvalue weighted by Crippen LogP contribution is 2.22. The number of carbonyl (C=O) groups excluding carboxylic acids is 1. The molecule has 0 heterocycles. The predicted octanol–water partition coefficient (Wildman–Crippen LogP) is 3.62. The Labute approximate surface area is 184 Å². The van der Waals surface area contributed by atoms with Crippen LogP contribution in [0, 0.1) is 0 Å². The van der Waals surface area contributed by atoms with Gasteiger partial charge in [0.1, 0.15) is 11.5 Å². The topological polar surface area (TPSA) is 117 Å². The van der Waals surface area contributed by atoms with Crippen molar-refractivity contribution in [3.05, 3.63) is 82.9 Å². The Kier molecular flexibility index (Phi) is 6.78. The zero-order valence-corrected chi connectivity index (χ0v) is 17.8. The van der Waals surface area contributed by atoms with Gasteiger partial charge in [0.2, 0.25) is 0 Å². The van der Waals surface area contributed by atoms with E-state index in [1.165, 1.54) is 55.8 Å². The molecular formula is C21H18ClN3O5S. The number of phenols is 1. The summed E-state index contributed by atoms with van der Waals surface area (Å²) in [5.41, 5.74) is 2.78. The van der Waals surface area contributed by atoms with Gasteiger partial charge in [-0.3, -0.25) is 9.52 Å². The number of anilines is 1. The second kappa shape index (κ2) is 9.50. The number of phenolic OH excluding ortho intramolecular Hbond substituents is 1. The first kappa shape index (κ1) is 22.1. The zero-order chi connectivity index (χ0) is 22.4. The van der Waals surface area contributed by atoms with E-state index in [1.807, 2.05) is 0 Å². The molecule has 0 unspecified atom stereocenters. The molecule has 3 rings (SSSR count). The first-order valence-electron chi connectivity index (χ1n) is 8.88. The summed E-state index contributed by atoms with van der Waals surface area (Å²) in [5.74, 6) is -0.185. The SMILES string of the molecule is COc1ccc(O)c(/C=N/NC(=O)c2ccccc2NS(=O)(=O)c2ccc(Cl)cc2)c1. The number of rotatable bonds is 7. The van der Waals surface area contributed by atoms with Crippen LogP contribution in [0.15, 0.2) is 76.7 Å². The first-order chi connectivity index (χ1) is 14.8. The highest BCUT2D eigenvalue weighted by Gasteiger charge is 2.18. The van der Waals surface area contributed by atoms with Crippen molar-refractivity contribution in [3.8, 4) is 11.5 Å². The second-order valence-corrected chi connectivity index (χ2v) is 8.35. The van der Waals surface area contributed by atoms with Crippen LogP contribution in [-0.2, 0) is 10.0 Å². The summed E-state index contributed by atoms with van der Waals surface area (Å²) in [6.45, 7) is 0. The van der Waals surface area contributed by atoms with Gasteiger partial charge in [0, 0.05) is 10.6 Å². The number of hydrazone groups is 1. The molecule has 0 aliphatic carbocycles. The lowest BCUT2D eigenvalue weighted by molar-refractivity contribution is 0.0956. The smallest absolute Gasteiger partial charge is 0.273 e. The molecule has 0 aromatic heterocycles. The summed E-state index contributed by atoms with van der Waals surface area (Å²) in [5, 5.41) is 14.1. The number of nitrogens with zero attached hydrogens (tertiary/aromatic N) is 1. The Hall–Kier alpha value is -3.56. The average molecular weight is 460 g/mol. The molecule has 1 amide bonds. The molecule has 10 heteroatoms. The van der Waals surface area contributed by atoms with Gasteiger partial charge in [0.25, 0.3) is 15.9 Å². The molecule has 0 saturated carbocycles. The molecule has 0 fully saturated rings. The summed E-state index contributed by atoms with van der Waals surface area (Å²) in [4.78, 5) is 12.6. The van der Waals surface area contributed by atoms with E-state index in [0.717, 1.165) is 0 Å². The Morgan fingerprint density at radius 1 is 1.10 bits per heavy atom. The summed E-state index contributed by atoms with van der Waals surface area (Å²) >= 11 is 5.80. The number of sulfonamides is 1. The number of hydrogen-bond donors (Lipinski definition) is 3. The van der Waals surface area contributed by atoms with Crippen LogP contribution in [0.2, 0.25) is 5.02 Å². The van der Waals surface area contributed by atoms with E-state index in [2.05, 4.69) is 15.2 Å². The molecule has 160 valence electrons. The minimum absolute atomic E-state index is 0.00127. The maximum atomic E-state index is 12.6. The number of hydrogen-bond acceptors (Lipinski definition) is 6. The highest BCUT2D eigenvalue weighted by atomic mass is 35.5. The van der Waals surface area contributed by atoms with Crippen LogP contribution in [0.1, 0.15) is 15.9 Å². The largest absolute Gasteiger partial charge is 0.507 e. The summed E-state index contributed by atoms with van der Waals surface area (Å²) in [6.07, 6.45) is 1.25. The van der Waals surface area contributed by atoms with Crippen LogP contribution >= 0.6 is 11.6 Å². The second-order valence-electron chi connectivity index (χ2n) is 6.23. The Morgan fingerprint density at radius 3 is 2.52 bits per heavy atom. The third kappa shape index (κ3) is 5.53. The van der Waals surface area contributed by atoms with Crippen molar-refractivity contribution in [1.82, 2.24) is 5.43 Å². The molecule has 31 heavy (non-hydrogen) atoms. The van der Waals surface area contributed by atoms with Gasteiger partial charge in [-0.1, -0.05) is 23.7 Å². The number of aromatic hydroxyl groups is 1. The van der Waals surface area contributed by atoms with E-state index in [-0.39, 0.29) is 21.9 Å². The lowest BCUT2D eigenvalue weighted by atomic mass is 10.2. The van der Waals surface area contributed by atoms with Crippen LogP contribution in [0.4, 0.5) is 5.69 Å². The van der Waals surface area contributed by atoms with Crippen molar-refractivity contribution < 1.29 is 23.1 Å². The number of ether oxygens (including phenoxy) is 1. The molecule has 0 aliphatic rings. The molecule has 0 atom stereocenters. The maximum Gasteiger partial charge on any atom is 0.273 e. The molecule has 3 aromatic rings. The summed E-state index contributed by atoms with van der Waals surface area (Å²) in [7, 11) is -2.45. The van der Waals surface area contributed by atoms with Gasteiger partial charge < -0.3 is 9.84 Å². The van der Waals surface area contributed by atoms with Crippen molar-refractivity contribution in [1.29, 1.82) is 0 Å². The van der Waals surface area contributed by atoms with E-state index in [1.54, 1.807) is 24.3 Å². The van der Waals surface area contributed by atoms with E-state index in [9.17, 15) is 18.3 Å². The summed E-state index contributed by atoms with van der Waals surface area (Å²) in [6, 6.07) is 16.3. The van der Waals surface area contributed by atoms with Gasteiger partial charge in [-0.25, -0.2) is 13.8 Å². The molecule has 0 aliphatic heterocycles. The van der Waals surface area contributed by atoms with Crippen molar-refractivity contribution in [3.63, 3.8) is 0 Å². The van der Waals surface area contributed by atoms with Gasteiger partial charge in [0.15, 0.2) is 0 Å². The quantitative estimate of drug-likeness (QED) is 0.368. The monoisotopic (exact) mass is 459 g/mol. The fourth-order valence-corrected chi connectivity index (χ4v) is 3.78. The van der Waals surface area contributed by atoms with Crippen LogP contribution in [0.5, 0.6) is 11.5 Å². The Morgan fingerprint density at radius 2 is 1.81 bits per heavy atom. The predicted molar refractivity (Wildman–Crippen MR) is 118 cm³/mol. The third-order valence-corrected chi connectivity index (χ3v) is 5.78. The minimum atomic E-state index is -3.94. The standard InChI is InChI=1S/C21H18ClN3O5S/c1-30-16-8-11-20(26)14(12-16)13-23-24-21(27)18-4-2-3-5-19(18)25-31(28,29)17-9-6-15(22)7-10-17/h2-13,25-26H,1H3,(H,24,27)/b23-13+. The number of para-hydroxylation sites is 1. The third-order valence-electron chi connectivity index (χ3n) is 4.14. The van der Waals surface area contributed by atoms with Gasteiger partial charge in [-0.05, 0) is 54.6 Å². The van der Waals surface area contributed by atoms with Crippen LogP contribution < -0.4 is 14.9 Å². The molecule has 3 N–H and O–H groups in total. The first-order valence-corrected chi connectivity index (χ1v) is 10.7. The maximum absolute atomic E-state index is 12.6. The average Bonchev–Trinajstić information content (AvgIpc) is 2.75. The number of halogens is 1. The minimum Gasteiger partial charge on any atom is -0.507 e. The Bertz CT molecular complexity index is 1230. The highest BCUT2D eigenvalue weighted by molar-refractivity contribution is 7.92. The van der Waals surface area contributed by atoms with Gasteiger partial charge >= 0.3 is 0 Å². The molecule has 8 nitrogen and oxygen atoms in total. The van der Waals surface area contributed by atoms with E-state index < -0.39 is 15.9 Å². The number of methoxy groups -OCH3 is 1. The van der Waals surface area contributed by atoms with Crippen molar-refractivity contribution in [2.75, 3.05) is 11.8 Å².